The lowest BCUT2D eigenvalue weighted by atomic mass is 10.1. The molecule has 0 amide bonds. The van der Waals surface area contributed by atoms with Gasteiger partial charge in [0.25, 0.3) is 6.43 Å². The standard InChI is InChI=1S/C10H16F2N3O14P3/c11-7(12)3-1-15(10(18)14-8(3)13)9-6(17)5(16)4(27-9)2-26-31(22,23)29-32(24,25)28-30(19,20)21/h1,4-7,9,16-17H,2H2,(H,22,23)(H,24,25)(H2,13,14,18)(H2,19,20,21). The quantitative estimate of drug-likeness (QED) is 0.182. The van der Waals surface area contributed by atoms with Gasteiger partial charge >= 0.3 is 29.2 Å². The zero-order chi connectivity index (χ0) is 24.6. The molecule has 0 spiro atoms. The summed E-state index contributed by atoms with van der Waals surface area (Å²) >= 11 is 0. The number of hydrogen-bond acceptors (Lipinski definition) is 12. The maximum atomic E-state index is 13.0. The second-order valence-corrected chi connectivity index (χ2v) is 10.4. The maximum absolute atomic E-state index is 13.0. The lowest BCUT2D eigenvalue weighted by Gasteiger charge is -2.19. The van der Waals surface area contributed by atoms with Gasteiger partial charge in [-0.15, -0.1) is 0 Å². The van der Waals surface area contributed by atoms with Crippen LogP contribution in [-0.2, 0) is 31.6 Å². The van der Waals surface area contributed by atoms with Crippen LogP contribution < -0.4 is 11.4 Å². The topological polar surface area (TPSA) is 270 Å². The molecule has 32 heavy (non-hydrogen) atoms. The molecule has 1 aromatic heterocycles. The van der Waals surface area contributed by atoms with Crippen LogP contribution in [0.2, 0.25) is 0 Å². The number of hydrogen-bond donors (Lipinski definition) is 7. The van der Waals surface area contributed by atoms with Crippen LogP contribution in [0.25, 0.3) is 0 Å². The number of nitrogen functional groups attached to an aromatic ring is 1. The molecular weight excluding hydrogens is 517 g/mol. The van der Waals surface area contributed by atoms with Crippen molar-refractivity contribution < 1.29 is 70.1 Å². The smallest absolute Gasteiger partial charge is 0.387 e. The van der Waals surface area contributed by atoms with Gasteiger partial charge < -0.3 is 40.3 Å². The van der Waals surface area contributed by atoms with E-state index in [1.807, 2.05) is 0 Å². The van der Waals surface area contributed by atoms with E-state index >= 15 is 0 Å². The van der Waals surface area contributed by atoms with Gasteiger partial charge in [-0.25, -0.2) is 27.3 Å². The average molecular weight is 533 g/mol. The molecule has 8 N–H and O–H groups in total. The molecule has 1 fully saturated rings. The number of aromatic nitrogens is 2. The normalized spacial score (nSPS) is 27.9. The third-order valence-corrected chi connectivity index (χ3v) is 7.48. The zero-order valence-electron chi connectivity index (χ0n) is 15.2. The Labute approximate surface area is 175 Å². The fourth-order valence-corrected chi connectivity index (χ4v) is 5.44. The number of nitrogens with zero attached hydrogens (tertiary/aromatic N) is 2. The van der Waals surface area contributed by atoms with Crippen LogP contribution in [0.1, 0.15) is 18.2 Å². The van der Waals surface area contributed by atoms with E-state index in [-0.39, 0.29) is 0 Å². The van der Waals surface area contributed by atoms with Crippen molar-refractivity contribution in [1.82, 2.24) is 9.55 Å². The van der Waals surface area contributed by atoms with Crippen LogP contribution in [0.15, 0.2) is 11.0 Å². The second-order valence-electron chi connectivity index (χ2n) is 6.01. The van der Waals surface area contributed by atoms with Crippen LogP contribution in [0.3, 0.4) is 0 Å². The molecule has 2 heterocycles. The molecule has 1 aromatic rings. The van der Waals surface area contributed by atoms with E-state index in [9.17, 15) is 42.4 Å². The minimum Gasteiger partial charge on any atom is -0.387 e. The molecule has 6 unspecified atom stereocenters. The van der Waals surface area contributed by atoms with E-state index < -0.39 is 78.1 Å². The summed E-state index contributed by atoms with van der Waals surface area (Å²) in [5, 5.41) is 20.0. The van der Waals surface area contributed by atoms with Crippen LogP contribution >= 0.6 is 23.5 Å². The number of nitrogens with two attached hydrogens (primary N) is 1. The summed E-state index contributed by atoms with van der Waals surface area (Å²) in [5.74, 6) is -0.793. The monoisotopic (exact) mass is 533 g/mol. The van der Waals surface area contributed by atoms with Gasteiger partial charge in [0.1, 0.15) is 24.1 Å². The molecule has 0 radical (unpaired) electrons. The average Bonchev–Trinajstić information content (AvgIpc) is 2.85. The summed E-state index contributed by atoms with van der Waals surface area (Å²) in [4.78, 5) is 50.4. The predicted molar refractivity (Wildman–Crippen MR) is 93.6 cm³/mol. The molecule has 0 aromatic carbocycles. The van der Waals surface area contributed by atoms with Crippen LogP contribution in [0, 0.1) is 0 Å². The Morgan fingerprint density at radius 1 is 1.12 bits per heavy atom. The van der Waals surface area contributed by atoms with Gasteiger partial charge in [-0.2, -0.15) is 13.6 Å². The number of halogens is 2. The van der Waals surface area contributed by atoms with Crippen LogP contribution in [-0.4, -0.2) is 64.3 Å². The summed E-state index contributed by atoms with van der Waals surface area (Å²) in [7, 11) is -17.0. The minimum atomic E-state index is -5.80. The first-order chi connectivity index (χ1) is 14.4. The molecular formula is C10H16F2N3O14P3. The van der Waals surface area contributed by atoms with Gasteiger partial charge in [0, 0.05) is 6.20 Å². The molecule has 1 aliphatic heterocycles. The Balaban J connectivity index is 2.14. The van der Waals surface area contributed by atoms with Crippen molar-refractivity contribution in [2.45, 2.75) is 31.0 Å². The third kappa shape index (κ3) is 6.91. The summed E-state index contributed by atoms with van der Waals surface area (Å²) in [6.07, 6.45) is -10.2. The molecule has 0 bridgehead atoms. The van der Waals surface area contributed by atoms with Crippen molar-refractivity contribution in [2.24, 2.45) is 0 Å². The van der Waals surface area contributed by atoms with Crippen molar-refractivity contribution in [1.29, 1.82) is 0 Å². The molecule has 0 aliphatic carbocycles. The second kappa shape index (κ2) is 9.60. The summed E-state index contributed by atoms with van der Waals surface area (Å²) < 4.78 is 76.2. The number of anilines is 1. The highest BCUT2D eigenvalue weighted by Crippen LogP contribution is 2.66. The highest BCUT2D eigenvalue weighted by Gasteiger charge is 2.47. The number of rotatable bonds is 9. The molecule has 184 valence electrons. The molecule has 1 saturated heterocycles. The lowest BCUT2D eigenvalue weighted by molar-refractivity contribution is -0.0545. The van der Waals surface area contributed by atoms with Crippen molar-refractivity contribution in [3.8, 4) is 0 Å². The number of aliphatic hydroxyl groups excluding tert-OH is 2. The molecule has 6 atom stereocenters. The van der Waals surface area contributed by atoms with Crippen molar-refractivity contribution >= 4 is 29.3 Å². The highest BCUT2D eigenvalue weighted by atomic mass is 31.3. The fraction of sp³-hybridized carbons (Fsp3) is 0.600. The number of phosphoric acid groups is 3. The van der Waals surface area contributed by atoms with Gasteiger partial charge in [0.2, 0.25) is 0 Å². The van der Waals surface area contributed by atoms with Gasteiger partial charge in [0.15, 0.2) is 6.23 Å². The minimum absolute atomic E-state index is 0.372. The van der Waals surface area contributed by atoms with Crippen molar-refractivity contribution in [3.05, 3.63) is 22.2 Å². The Bertz CT molecular complexity index is 1050. The third-order valence-electron chi connectivity index (χ3n) is 3.68. The van der Waals surface area contributed by atoms with E-state index in [2.05, 4.69) is 18.1 Å². The molecule has 22 heteroatoms. The Morgan fingerprint density at radius 2 is 1.72 bits per heavy atom. The van der Waals surface area contributed by atoms with Gasteiger partial charge in [0.05, 0.1) is 12.2 Å². The Hall–Kier alpha value is -1.17. The van der Waals surface area contributed by atoms with E-state index in [0.29, 0.717) is 10.8 Å². The number of ether oxygens (including phenoxy) is 1. The first kappa shape index (κ1) is 27.1. The van der Waals surface area contributed by atoms with Crippen molar-refractivity contribution in [3.63, 3.8) is 0 Å². The van der Waals surface area contributed by atoms with Gasteiger partial charge in [-0.1, -0.05) is 0 Å². The summed E-state index contributed by atoms with van der Waals surface area (Å²) in [5.41, 5.74) is 3.06. The largest absolute Gasteiger partial charge is 0.490 e. The number of aliphatic hydroxyl groups is 2. The molecule has 2 rings (SSSR count). The first-order valence-corrected chi connectivity index (χ1v) is 12.4. The van der Waals surface area contributed by atoms with E-state index in [1.165, 1.54) is 0 Å². The molecule has 1 aliphatic rings. The maximum Gasteiger partial charge on any atom is 0.490 e. The summed E-state index contributed by atoms with van der Waals surface area (Å²) in [6, 6.07) is 0. The first-order valence-electron chi connectivity index (χ1n) is 7.89. The van der Waals surface area contributed by atoms with E-state index in [1.54, 1.807) is 0 Å². The summed E-state index contributed by atoms with van der Waals surface area (Å²) in [6.45, 7) is -1.17. The predicted octanol–water partition coefficient (Wildman–Crippen LogP) is -1.27. The SMILES string of the molecule is Nc1nc(=O)n(C2OC(COP(=O)(O)OP(=O)(O)OP(=O)(O)O)C(O)C2O)cc1C(F)F. The zero-order valence-corrected chi connectivity index (χ0v) is 17.9. The van der Waals surface area contributed by atoms with Crippen LogP contribution in [0.5, 0.6) is 0 Å². The number of alkyl halides is 2. The highest BCUT2D eigenvalue weighted by molar-refractivity contribution is 7.66. The Kier molecular flexibility index (Phi) is 8.12. The number of phosphoric ester groups is 1. The van der Waals surface area contributed by atoms with Crippen LogP contribution in [0.4, 0.5) is 14.6 Å². The molecule has 17 nitrogen and oxygen atoms in total. The Morgan fingerprint density at radius 3 is 2.25 bits per heavy atom. The molecule has 0 saturated carbocycles. The fourth-order valence-electron chi connectivity index (χ4n) is 2.41. The lowest BCUT2D eigenvalue weighted by Crippen LogP contribution is -2.36. The van der Waals surface area contributed by atoms with Gasteiger partial charge in [-0.05, 0) is 0 Å². The van der Waals surface area contributed by atoms with E-state index in [0.717, 1.165) is 0 Å². The van der Waals surface area contributed by atoms with Gasteiger partial charge in [-0.3, -0.25) is 9.09 Å². The van der Waals surface area contributed by atoms with E-state index in [4.69, 9.17) is 25.2 Å². The van der Waals surface area contributed by atoms with Crippen molar-refractivity contribution in [2.75, 3.05) is 12.3 Å².